The molecule has 0 amide bonds. The van der Waals surface area contributed by atoms with Crippen molar-refractivity contribution in [3.8, 4) is 0 Å². The molecule has 0 bridgehead atoms. The van der Waals surface area contributed by atoms with Crippen LogP contribution in [-0.4, -0.2) is 33.3 Å². The lowest BCUT2D eigenvalue weighted by molar-refractivity contribution is -0.149. The number of ether oxygens (including phenoxy) is 1. The molecule has 1 aromatic rings. The third-order valence-corrected chi connectivity index (χ3v) is 1.96. The topological polar surface area (TPSA) is 64.4 Å². The van der Waals surface area contributed by atoms with Crippen LogP contribution in [0.1, 0.15) is 12.7 Å². The lowest BCUT2D eigenvalue weighted by atomic mass is 10.4. The molecule has 1 rings (SSSR count). The fraction of sp³-hybridized carbons (Fsp3) is 0.556. The molecule has 1 aromatic heterocycles. The molecule has 1 heterocycles. The maximum Gasteiger partial charge on any atom is 0.332 e. The van der Waals surface area contributed by atoms with Crippen molar-refractivity contribution in [2.75, 3.05) is 6.61 Å². The van der Waals surface area contributed by atoms with Gasteiger partial charge in [0.25, 0.3) is 0 Å². The summed E-state index contributed by atoms with van der Waals surface area (Å²) in [5.74, 6) is -0.0487. The zero-order valence-corrected chi connectivity index (χ0v) is 8.30. The van der Waals surface area contributed by atoms with E-state index in [1.165, 1.54) is 6.92 Å². The van der Waals surface area contributed by atoms with Gasteiger partial charge in [0.1, 0.15) is 5.82 Å². The number of hydrogen-bond acceptors (Lipinski definition) is 3. The molecule has 0 aliphatic carbocycles. The molecule has 0 saturated heterocycles. The van der Waals surface area contributed by atoms with Gasteiger partial charge in [-0.2, -0.15) is 0 Å². The SMILES string of the molecule is CC(OCCc1nccn1C)C(=O)O. The molecule has 0 spiro atoms. The number of aromatic nitrogens is 2. The average Bonchev–Trinajstić information content (AvgIpc) is 2.51. The number of aryl methyl sites for hydroxylation is 1. The van der Waals surface area contributed by atoms with Crippen LogP contribution in [0.25, 0.3) is 0 Å². The summed E-state index contributed by atoms with van der Waals surface area (Å²) < 4.78 is 6.96. The fourth-order valence-electron chi connectivity index (χ4n) is 1.04. The molecule has 0 aliphatic heterocycles. The molecule has 78 valence electrons. The highest BCUT2D eigenvalue weighted by Gasteiger charge is 2.10. The molecule has 0 aliphatic rings. The van der Waals surface area contributed by atoms with Crippen LogP contribution in [0.5, 0.6) is 0 Å². The number of carboxylic acids is 1. The molecular weight excluding hydrogens is 184 g/mol. The Kier molecular flexibility index (Phi) is 3.64. The van der Waals surface area contributed by atoms with Crippen LogP contribution in [0, 0.1) is 0 Å². The van der Waals surface area contributed by atoms with E-state index in [1.807, 2.05) is 17.8 Å². The molecule has 5 nitrogen and oxygen atoms in total. The Morgan fingerprint density at radius 2 is 2.50 bits per heavy atom. The van der Waals surface area contributed by atoms with Crippen LogP contribution in [0.4, 0.5) is 0 Å². The van der Waals surface area contributed by atoms with Gasteiger partial charge in [0.15, 0.2) is 6.10 Å². The second kappa shape index (κ2) is 4.76. The number of carboxylic acid groups (broad SMARTS) is 1. The van der Waals surface area contributed by atoms with E-state index in [1.54, 1.807) is 6.20 Å². The van der Waals surface area contributed by atoms with Crippen LogP contribution in [0.2, 0.25) is 0 Å². The summed E-state index contributed by atoms with van der Waals surface area (Å²) in [4.78, 5) is 14.5. The van der Waals surface area contributed by atoms with Crippen LogP contribution in [-0.2, 0) is 23.0 Å². The predicted molar refractivity (Wildman–Crippen MR) is 50.0 cm³/mol. The Morgan fingerprint density at radius 1 is 1.79 bits per heavy atom. The first-order valence-corrected chi connectivity index (χ1v) is 4.42. The first-order chi connectivity index (χ1) is 6.61. The molecular formula is C9H14N2O3. The lowest BCUT2D eigenvalue weighted by Crippen LogP contribution is -2.21. The van der Waals surface area contributed by atoms with Crippen molar-refractivity contribution >= 4 is 5.97 Å². The van der Waals surface area contributed by atoms with Crippen molar-refractivity contribution in [1.29, 1.82) is 0 Å². The average molecular weight is 198 g/mol. The number of aliphatic carboxylic acids is 1. The standard InChI is InChI=1S/C9H14N2O3/c1-7(9(12)13)14-6-3-8-10-4-5-11(8)2/h4-5,7H,3,6H2,1-2H3,(H,12,13). The van der Waals surface area contributed by atoms with Crippen molar-refractivity contribution in [2.24, 2.45) is 7.05 Å². The Balaban J connectivity index is 2.29. The van der Waals surface area contributed by atoms with Crippen LogP contribution < -0.4 is 0 Å². The first kappa shape index (κ1) is 10.7. The fourth-order valence-corrected chi connectivity index (χ4v) is 1.04. The summed E-state index contributed by atoms with van der Waals surface area (Å²) in [6.45, 7) is 1.89. The molecule has 5 heteroatoms. The maximum absolute atomic E-state index is 10.4. The predicted octanol–water partition coefficient (Wildman–Crippen LogP) is 0.452. The molecule has 0 saturated carbocycles. The molecule has 1 atom stereocenters. The van der Waals surface area contributed by atoms with Gasteiger partial charge in [-0.05, 0) is 6.92 Å². The second-order valence-electron chi connectivity index (χ2n) is 3.06. The summed E-state index contributed by atoms with van der Waals surface area (Å²) in [5, 5.41) is 8.55. The van der Waals surface area contributed by atoms with Crippen molar-refractivity contribution in [1.82, 2.24) is 9.55 Å². The Hall–Kier alpha value is -1.36. The van der Waals surface area contributed by atoms with E-state index in [9.17, 15) is 4.79 Å². The van der Waals surface area contributed by atoms with E-state index in [2.05, 4.69) is 4.98 Å². The quantitative estimate of drug-likeness (QED) is 0.746. The van der Waals surface area contributed by atoms with E-state index >= 15 is 0 Å². The van der Waals surface area contributed by atoms with Gasteiger partial charge < -0.3 is 14.4 Å². The Bertz CT molecular complexity index is 309. The van der Waals surface area contributed by atoms with Crippen molar-refractivity contribution < 1.29 is 14.6 Å². The third kappa shape index (κ3) is 2.85. The van der Waals surface area contributed by atoms with E-state index in [4.69, 9.17) is 9.84 Å². The number of nitrogens with zero attached hydrogens (tertiary/aromatic N) is 2. The molecule has 0 aromatic carbocycles. The lowest BCUT2D eigenvalue weighted by Gasteiger charge is -2.07. The largest absolute Gasteiger partial charge is 0.479 e. The molecule has 1 unspecified atom stereocenters. The van der Waals surface area contributed by atoms with E-state index in [0.29, 0.717) is 13.0 Å². The minimum atomic E-state index is -0.940. The highest BCUT2D eigenvalue weighted by molar-refractivity contribution is 5.71. The summed E-state index contributed by atoms with van der Waals surface area (Å²) in [6.07, 6.45) is 3.42. The molecule has 0 radical (unpaired) electrons. The van der Waals surface area contributed by atoms with Crippen molar-refractivity contribution in [3.05, 3.63) is 18.2 Å². The third-order valence-electron chi connectivity index (χ3n) is 1.96. The van der Waals surface area contributed by atoms with Gasteiger partial charge in [-0.15, -0.1) is 0 Å². The van der Waals surface area contributed by atoms with Gasteiger partial charge in [-0.1, -0.05) is 0 Å². The number of rotatable bonds is 5. The number of carbonyl (C=O) groups is 1. The minimum absolute atomic E-state index is 0.373. The molecule has 1 N–H and O–H groups in total. The van der Waals surface area contributed by atoms with E-state index in [-0.39, 0.29) is 0 Å². The summed E-state index contributed by atoms with van der Waals surface area (Å²) in [5.41, 5.74) is 0. The van der Waals surface area contributed by atoms with Gasteiger partial charge in [0, 0.05) is 25.9 Å². The second-order valence-corrected chi connectivity index (χ2v) is 3.06. The normalized spacial score (nSPS) is 12.7. The highest BCUT2D eigenvalue weighted by atomic mass is 16.5. The summed E-state index contributed by atoms with van der Waals surface area (Å²) >= 11 is 0. The summed E-state index contributed by atoms with van der Waals surface area (Å²) in [7, 11) is 1.89. The smallest absolute Gasteiger partial charge is 0.332 e. The number of hydrogen-bond donors (Lipinski definition) is 1. The van der Waals surface area contributed by atoms with Crippen LogP contribution >= 0.6 is 0 Å². The van der Waals surface area contributed by atoms with Crippen molar-refractivity contribution in [2.45, 2.75) is 19.4 Å². The van der Waals surface area contributed by atoms with E-state index in [0.717, 1.165) is 5.82 Å². The highest BCUT2D eigenvalue weighted by Crippen LogP contribution is 1.98. The first-order valence-electron chi connectivity index (χ1n) is 4.42. The van der Waals surface area contributed by atoms with Gasteiger partial charge in [-0.3, -0.25) is 0 Å². The zero-order chi connectivity index (χ0) is 10.6. The van der Waals surface area contributed by atoms with Gasteiger partial charge in [0.2, 0.25) is 0 Å². The van der Waals surface area contributed by atoms with Crippen molar-refractivity contribution in [3.63, 3.8) is 0 Å². The monoisotopic (exact) mass is 198 g/mol. The van der Waals surface area contributed by atoms with Gasteiger partial charge in [-0.25, -0.2) is 9.78 Å². The molecule has 0 fully saturated rings. The zero-order valence-electron chi connectivity index (χ0n) is 8.30. The maximum atomic E-state index is 10.4. The Morgan fingerprint density at radius 3 is 3.00 bits per heavy atom. The van der Waals surface area contributed by atoms with E-state index < -0.39 is 12.1 Å². The van der Waals surface area contributed by atoms with Crippen LogP contribution in [0.15, 0.2) is 12.4 Å². The Labute approximate surface area is 82.3 Å². The minimum Gasteiger partial charge on any atom is -0.479 e. The van der Waals surface area contributed by atoms with Crippen LogP contribution in [0.3, 0.4) is 0 Å². The van der Waals surface area contributed by atoms with Gasteiger partial charge in [0.05, 0.1) is 6.61 Å². The van der Waals surface area contributed by atoms with Gasteiger partial charge >= 0.3 is 5.97 Å². The summed E-state index contributed by atoms with van der Waals surface area (Å²) in [6, 6.07) is 0. The number of imidazole rings is 1. The molecule has 14 heavy (non-hydrogen) atoms.